The van der Waals surface area contributed by atoms with Crippen molar-refractivity contribution in [2.45, 2.75) is 25.3 Å². The van der Waals surface area contributed by atoms with E-state index in [0.717, 1.165) is 36.9 Å². The van der Waals surface area contributed by atoms with E-state index in [9.17, 15) is 4.79 Å². The van der Waals surface area contributed by atoms with Crippen LogP contribution in [0.5, 0.6) is 0 Å². The molecule has 1 amide bonds. The highest BCUT2D eigenvalue weighted by atomic mass is 16.5. The van der Waals surface area contributed by atoms with E-state index in [1.807, 2.05) is 53.6 Å². The number of carbonyl (C=O) groups is 1. The monoisotopic (exact) mass is 333 g/mol. The van der Waals surface area contributed by atoms with Crippen molar-refractivity contribution in [1.82, 2.24) is 15.0 Å². The first-order valence-corrected chi connectivity index (χ1v) is 8.56. The number of aromatic nitrogens is 2. The van der Waals surface area contributed by atoms with Crippen LogP contribution in [0.1, 0.15) is 41.4 Å². The molecule has 5 nitrogen and oxygen atoms in total. The van der Waals surface area contributed by atoms with Gasteiger partial charge < -0.3 is 9.42 Å². The zero-order chi connectivity index (χ0) is 17.1. The summed E-state index contributed by atoms with van der Waals surface area (Å²) < 4.78 is 5.39. The summed E-state index contributed by atoms with van der Waals surface area (Å²) in [5.74, 6) is 0.526. The molecule has 1 fully saturated rings. The molecule has 1 atom stereocenters. The summed E-state index contributed by atoms with van der Waals surface area (Å²) in [6.07, 6.45) is 6.65. The first-order valence-electron chi connectivity index (χ1n) is 8.56. The lowest BCUT2D eigenvalue weighted by atomic mass is 9.96. The van der Waals surface area contributed by atoms with Crippen molar-refractivity contribution in [3.63, 3.8) is 0 Å². The second kappa shape index (κ2) is 6.89. The van der Waals surface area contributed by atoms with Crippen LogP contribution in [-0.4, -0.2) is 27.5 Å². The van der Waals surface area contributed by atoms with E-state index in [1.54, 1.807) is 12.3 Å². The molecular weight excluding hydrogens is 314 g/mol. The average Bonchev–Trinajstić information content (AvgIpc) is 3.19. The second-order valence-corrected chi connectivity index (χ2v) is 6.24. The molecule has 1 saturated heterocycles. The topological polar surface area (TPSA) is 59.2 Å². The standard InChI is InChI=1S/C20H19N3O2/c24-20(17-13-19(25-22-17)15-7-2-1-3-8-15)23-12-5-4-10-18(23)16-9-6-11-21-14-16/h1-3,6-9,11,13-14,18H,4-5,10,12H2/t18-/m0/s1. The smallest absolute Gasteiger partial charge is 0.276 e. The van der Waals surface area contributed by atoms with Gasteiger partial charge in [0.25, 0.3) is 5.91 Å². The first kappa shape index (κ1) is 15.6. The number of carbonyl (C=O) groups excluding carboxylic acids is 1. The van der Waals surface area contributed by atoms with Crippen LogP contribution in [0.25, 0.3) is 11.3 Å². The van der Waals surface area contributed by atoms with E-state index < -0.39 is 0 Å². The third kappa shape index (κ3) is 3.18. The molecule has 0 bridgehead atoms. The maximum Gasteiger partial charge on any atom is 0.276 e. The molecule has 3 heterocycles. The van der Waals surface area contributed by atoms with Crippen LogP contribution in [0.2, 0.25) is 0 Å². The van der Waals surface area contributed by atoms with E-state index in [2.05, 4.69) is 10.1 Å². The Bertz CT molecular complexity index is 846. The van der Waals surface area contributed by atoms with Gasteiger partial charge in [-0.1, -0.05) is 41.6 Å². The number of amides is 1. The van der Waals surface area contributed by atoms with Crippen LogP contribution < -0.4 is 0 Å². The predicted octanol–water partition coefficient (Wildman–Crippen LogP) is 4.10. The summed E-state index contributed by atoms with van der Waals surface area (Å²) in [6, 6.07) is 15.4. The predicted molar refractivity (Wildman–Crippen MR) is 93.8 cm³/mol. The van der Waals surface area contributed by atoms with Gasteiger partial charge in [0.15, 0.2) is 11.5 Å². The highest BCUT2D eigenvalue weighted by molar-refractivity contribution is 5.93. The maximum absolute atomic E-state index is 13.0. The van der Waals surface area contributed by atoms with Crippen LogP contribution in [0.3, 0.4) is 0 Å². The van der Waals surface area contributed by atoms with Gasteiger partial charge in [0.2, 0.25) is 0 Å². The summed E-state index contributed by atoms with van der Waals surface area (Å²) in [7, 11) is 0. The van der Waals surface area contributed by atoms with Crippen molar-refractivity contribution < 1.29 is 9.32 Å². The molecule has 5 heteroatoms. The maximum atomic E-state index is 13.0. The van der Waals surface area contributed by atoms with Gasteiger partial charge in [0.1, 0.15) is 0 Å². The van der Waals surface area contributed by atoms with E-state index in [1.165, 1.54) is 0 Å². The molecule has 2 aromatic heterocycles. The Kier molecular flexibility index (Phi) is 4.29. The third-order valence-electron chi connectivity index (χ3n) is 4.62. The average molecular weight is 333 g/mol. The lowest BCUT2D eigenvalue weighted by Crippen LogP contribution is -2.38. The summed E-state index contributed by atoms with van der Waals surface area (Å²) in [4.78, 5) is 19.1. The van der Waals surface area contributed by atoms with Crippen molar-refractivity contribution in [3.8, 4) is 11.3 Å². The summed E-state index contributed by atoms with van der Waals surface area (Å²) in [6.45, 7) is 0.728. The van der Waals surface area contributed by atoms with Crippen LogP contribution >= 0.6 is 0 Å². The number of hydrogen-bond donors (Lipinski definition) is 0. The van der Waals surface area contributed by atoms with Crippen molar-refractivity contribution in [3.05, 3.63) is 72.2 Å². The number of hydrogen-bond acceptors (Lipinski definition) is 4. The minimum Gasteiger partial charge on any atom is -0.355 e. The van der Waals surface area contributed by atoms with Gasteiger partial charge in [-0.25, -0.2) is 0 Å². The minimum atomic E-state index is -0.0838. The van der Waals surface area contributed by atoms with Gasteiger partial charge in [0.05, 0.1) is 6.04 Å². The fraction of sp³-hybridized carbons (Fsp3) is 0.250. The van der Waals surface area contributed by atoms with Gasteiger partial charge in [-0.15, -0.1) is 0 Å². The largest absolute Gasteiger partial charge is 0.355 e. The fourth-order valence-corrected chi connectivity index (χ4v) is 3.36. The number of likely N-dealkylation sites (tertiary alicyclic amines) is 1. The number of benzene rings is 1. The summed E-state index contributed by atoms with van der Waals surface area (Å²) >= 11 is 0. The van der Waals surface area contributed by atoms with Crippen molar-refractivity contribution in [2.75, 3.05) is 6.54 Å². The van der Waals surface area contributed by atoms with E-state index >= 15 is 0 Å². The molecule has 25 heavy (non-hydrogen) atoms. The number of piperidine rings is 1. The third-order valence-corrected chi connectivity index (χ3v) is 4.62. The molecule has 1 aliphatic rings. The van der Waals surface area contributed by atoms with Gasteiger partial charge in [-0.3, -0.25) is 9.78 Å². The molecule has 0 unspecified atom stereocenters. The molecule has 0 spiro atoms. The number of pyridine rings is 1. The summed E-state index contributed by atoms with van der Waals surface area (Å²) in [5.41, 5.74) is 2.34. The Morgan fingerprint density at radius 1 is 1.12 bits per heavy atom. The number of rotatable bonds is 3. The Morgan fingerprint density at radius 3 is 2.80 bits per heavy atom. The molecule has 1 aromatic carbocycles. The van der Waals surface area contributed by atoms with E-state index in [4.69, 9.17) is 4.52 Å². The Morgan fingerprint density at radius 2 is 2.00 bits per heavy atom. The van der Waals surface area contributed by atoms with Crippen LogP contribution in [0, 0.1) is 0 Å². The highest BCUT2D eigenvalue weighted by Crippen LogP contribution is 2.32. The van der Waals surface area contributed by atoms with Crippen LogP contribution in [-0.2, 0) is 0 Å². The second-order valence-electron chi connectivity index (χ2n) is 6.24. The van der Waals surface area contributed by atoms with Gasteiger partial charge >= 0.3 is 0 Å². The Labute approximate surface area is 146 Å². The molecule has 0 N–H and O–H groups in total. The molecule has 126 valence electrons. The quantitative estimate of drug-likeness (QED) is 0.724. The van der Waals surface area contributed by atoms with E-state index in [0.29, 0.717) is 11.5 Å². The van der Waals surface area contributed by atoms with Gasteiger partial charge in [-0.2, -0.15) is 0 Å². The Balaban J connectivity index is 1.60. The molecular formula is C20H19N3O2. The zero-order valence-corrected chi connectivity index (χ0v) is 13.8. The Hall–Kier alpha value is -2.95. The number of nitrogens with zero attached hydrogens (tertiary/aromatic N) is 3. The lowest BCUT2D eigenvalue weighted by Gasteiger charge is -2.35. The molecule has 3 aromatic rings. The molecule has 0 saturated carbocycles. The fourth-order valence-electron chi connectivity index (χ4n) is 3.36. The van der Waals surface area contributed by atoms with Crippen molar-refractivity contribution in [1.29, 1.82) is 0 Å². The zero-order valence-electron chi connectivity index (χ0n) is 13.8. The lowest BCUT2D eigenvalue weighted by molar-refractivity contribution is 0.0600. The van der Waals surface area contributed by atoms with Crippen LogP contribution in [0.15, 0.2) is 65.4 Å². The SMILES string of the molecule is O=C(c1cc(-c2ccccc2)on1)N1CCCC[C@H]1c1cccnc1. The van der Waals surface area contributed by atoms with Crippen LogP contribution in [0.4, 0.5) is 0 Å². The highest BCUT2D eigenvalue weighted by Gasteiger charge is 2.30. The van der Waals surface area contributed by atoms with Crippen molar-refractivity contribution in [2.24, 2.45) is 0 Å². The molecule has 0 aliphatic carbocycles. The summed E-state index contributed by atoms with van der Waals surface area (Å²) in [5, 5.41) is 4.01. The molecule has 4 rings (SSSR count). The van der Waals surface area contributed by atoms with E-state index in [-0.39, 0.29) is 11.9 Å². The first-order chi connectivity index (χ1) is 12.3. The molecule has 1 aliphatic heterocycles. The van der Waals surface area contributed by atoms with Gasteiger partial charge in [-0.05, 0) is 30.9 Å². The van der Waals surface area contributed by atoms with Gasteiger partial charge in [0, 0.05) is 30.6 Å². The molecule has 0 radical (unpaired) electrons. The van der Waals surface area contributed by atoms with Crippen molar-refractivity contribution >= 4 is 5.91 Å². The normalized spacial score (nSPS) is 17.4. The minimum absolute atomic E-state index is 0.0480.